The molecule has 7 heteroatoms. The lowest BCUT2D eigenvalue weighted by Gasteiger charge is -2.17. The predicted molar refractivity (Wildman–Crippen MR) is 103 cm³/mol. The van der Waals surface area contributed by atoms with E-state index in [0.717, 1.165) is 16.1 Å². The van der Waals surface area contributed by atoms with Crippen molar-refractivity contribution in [3.8, 4) is 10.6 Å². The highest BCUT2D eigenvalue weighted by Gasteiger charge is 2.14. The molecule has 0 unspecified atom stereocenters. The third-order valence-corrected chi connectivity index (χ3v) is 5.31. The van der Waals surface area contributed by atoms with Crippen molar-refractivity contribution in [3.05, 3.63) is 63.8 Å². The lowest BCUT2D eigenvalue weighted by Crippen LogP contribution is -2.31. The van der Waals surface area contributed by atoms with Crippen LogP contribution in [0.25, 0.3) is 10.6 Å². The molecule has 0 saturated carbocycles. The molecule has 0 saturated heterocycles. The van der Waals surface area contributed by atoms with Crippen LogP contribution < -0.4 is 0 Å². The molecule has 3 aromatic rings. The van der Waals surface area contributed by atoms with Crippen molar-refractivity contribution in [1.82, 2.24) is 9.88 Å². The lowest BCUT2D eigenvalue weighted by molar-refractivity contribution is -0.151. The van der Waals surface area contributed by atoms with Gasteiger partial charge in [0.2, 0.25) is 0 Å². The van der Waals surface area contributed by atoms with E-state index in [0.29, 0.717) is 12.2 Å². The summed E-state index contributed by atoms with van der Waals surface area (Å²) in [5.41, 5.74) is 2.74. The van der Waals surface area contributed by atoms with E-state index in [-0.39, 0.29) is 18.9 Å². The Balaban J connectivity index is 1.45. The smallest absolute Gasteiger partial charge is 0.312 e. The average molecular weight is 386 g/mol. The number of carbonyl (C=O) groups excluding carboxylic acids is 2. The van der Waals surface area contributed by atoms with Gasteiger partial charge in [-0.25, -0.2) is 4.98 Å². The summed E-state index contributed by atoms with van der Waals surface area (Å²) in [5.74, 6) is -0.687. The molecule has 5 nitrogen and oxygen atoms in total. The van der Waals surface area contributed by atoms with E-state index in [1.165, 1.54) is 11.3 Å². The van der Waals surface area contributed by atoms with Gasteiger partial charge in [-0.1, -0.05) is 30.3 Å². The van der Waals surface area contributed by atoms with Crippen LogP contribution in [0.15, 0.2) is 52.5 Å². The average Bonchev–Trinajstić information content (AvgIpc) is 3.32. The zero-order valence-electron chi connectivity index (χ0n) is 14.3. The van der Waals surface area contributed by atoms with Crippen molar-refractivity contribution in [1.29, 1.82) is 0 Å². The molecular weight excluding hydrogens is 368 g/mol. The van der Waals surface area contributed by atoms with Gasteiger partial charge in [-0.2, -0.15) is 11.3 Å². The Kier molecular flexibility index (Phi) is 6.14. The van der Waals surface area contributed by atoms with E-state index < -0.39 is 5.97 Å². The largest absolute Gasteiger partial charge is 0.455 e. The Labute approximate surface area is 159 Å². The van der Waals surface area contributed by atoms with Gasteiger partial charge in [-0.3, -0.25) is 9.59 Å². The molecule has 0 aliphatic carbocycles. The second-order valence-corrected chi connectivity index (χ2v) is 7.37. The molecule has 0 fully saturated rings. The number of thiophene rings is 1. The van der Waals surface area contributed by atoms with Crippen LogP contribution >= 0.6 is 22.7 Å². The Morgan fingerprint density at radius 2 is 1.96 bits per heavy atom. The number of carbonyl (C=O) groups is 2. The minimum atomic E-state index is -0.450. The van der Waals surface area contributed by atoms with Crippen LogP contribution in [0, 0.1) is 0 Å². The van der Waals surface area contributed by atoms with Gasteiger partial charge >= 0.3 is 5.97 Å². The van der Waals surface area contributed by atoms with Crippen LogP contribution in [-0.2, 0) is 27.3 Å². The number of esters is 1. The fourth-order valence-electron chi connectivity index (χ4n) is 2.30. The molecule has 134 valence electrons. The molecule has 1 aromatic carbocycles. The van der Waals surface area contributed by atoms with Crippen LogP contribution in [0.3, 0.4) is 0 Å². The van der Waals surface area contributed by atoms with E-state index in [1.807, 2.05) is 52.5 Å². The van der Waals surface area contributed by atoms with Crippen LogP contribution in [-0.4, -0.2) is 35.4 Å². The number of aromatic nitrogens is 1. The minimum absolute atomic E-state index is 0.0658. The summed E-state index contributed by atoms with van der Waals surface area (Å²) in [6.07, 6.45) is 0.0658. The van der Waals surface area contributed by atoms with Gasteiger partial charge < -0.3 is 9.64 Å². The standard InChI is InChI=1S/C19H18N2O3S2/c1-21(10-14-5-3-2-4-6-14)17(22)11-24-18(23)9-16-13-26-19(20-16)15-7-8-25-12-15/h2-8,12-13H,9-11H2,1H3. The molecule has 0 aliphatic rings. The molecule has 26 heavy (non-hydrogen) atoms. The van der Waals surface area contributed by atoms with Gasteiger partial charge in [0.05, 0.1) is 12.1 Å². The monoisotopic (exact) mass is 386 g/mol. The zero-order chi connectivity index (χ0) is 18.4. The highest BCUT2D eigenvalue weighted by molar-refractivity contribution is 7.14. The van der Waals surface area contributed by atoms with Crippen molar-refractivity contribution in [2.75, 3.05) is 13.7 Å². The second-order valence-electron chi connectivity index (χ2n) is 5.73. The molecule has 0 aliphatic heterocycles. The van der Waals surface area contributed by atoms with E-state index >= 15 is 0 Å². The fraction of sp³-hybridized carbons (Fsp3) is 0.211. The SMILES string of the molecule is CN(Cc1ccccc1)C(=O)COC(=O)Cc1csc(-c2ccsc2)n1. The lowest BCUT2D eigenvalue weighted by atomic mass is 10.2. The number of ether oxygens (including phenoxy) is 1. The van der Waals surface area contributed by atoms with Gasteiger partial charge in [0.15, 0.2) is 6.61 Å². The first-order chi connectivity index (χ1) is 12.6. The number of rotatable bonds is 7. The maximum Gasteiger partial charge on any atom is 0.312 e. The molecular formula is C19H18N2O3S2. The first-order valence-electron chi connectivity index (χ1n) is 8.02. The first kappa shape index (κ1) is 18.3. The van der Waals surface area contributed by atoms with Crippen molar-refractivity contribution < 1.29 is 14.3 Å². The molecule has 2 heterocycles. The number of hydrogen-bond donors (Lipinski definition) is 0. The number of benzene rings is 1. The number of thiazole rings is 1. The quantitative estimate of drug-likeness (QED) is 0.582. The molecule has 3 rings (SSSR count). The zero-order valence-corrected chi connectivity index (χ0v) is 15.9. The summed E-state index contributed by atoms with van der Waals surface area (Å²) >= 11 is 3.10. The van der Waals surface area contributed by atoms with E-state index in [4.69, 9.17) is 4.74 Å². The maximum absolute atomic E-state index is 12.1. The molecule has 1 amide bonds. The predicted octanol–water partition coefficient (Wildman–Crippen LogP) is 3.62. The number of amides is 1. The van der Waals surface area contributed by atoms with Crippen LogP contribution in [0.5, 0.6) is 0 Å². The summed E-state index contributed by atoms with van der Waals surface area (Å²) in [5, 5.41) is 6.73. The summed E-state index contributed by atoms with van der Waals surface area (Å²) in [4.78, 5) is 30.0. The molecule has 0 spiro atoms. The minimum Gasteiger partial charge on any atom is -0.455 e. The highest BCUT2D eigenvalue weighted by atomic mass is 32.1. The van der Waals surface area contributed by atoms with Crippen molar-refractivity contribution in [2.24, 2.45) is 0 Å². The number of nitrogens with zero attached hydrogens (tertiary/aromatic N) is 2. The third-order valence-electron chi connectivity index (χ3n) is 3.69. The van der Waals surface area contributed by atoms with Crippen LogP contribution in [0.2, 0.25) is 0 Å². The second kappa shape index (κ2) is 8.73. The highest BCUT2D eigenvalue weighted by Crippen LogP contribution is 2.25. The summed E-state index contributed by atoms with van der Waals surface area (Å²) in [6, 6.07) is 11.7. The molecule has 0 atom stereocenters. The van der Waals surface area contributed by atoms with E-state index in [2.05, 4.69) is 4.98 Å². The molecule has 0 bridgehead atoms. The first-order valence-corrected chi connectivity index (χ1v) is 9.84. The third kappa shape index (κ3) is 5.00. The van der Waals surface area contributed by atoms with Crippen molar-refractivity contribution in [3.63, 3.8) is 0 Å². The topological polar surface area (TPSA) is 59.5 Å². The Hall–Kier alpha value is -2.51. The normalized spacial score (nSPS) is 10.5. The number of likely N-dealkylation sites (N-methyl/N-ethyl adjacent to an activating group) is 1. The van der Waals surface area contributed by atoms with E-state index in [1.54, 1.807) is 23.3 Å². The van der Waals surface area contributed by atoms with Gasteiger partial charge in [0.1, 0.15) is 5.01 Å². The van der Waals surface area contributed by atoms with Gasteiger partial charge in [-0.05, 0) is 17.0 Å². The summed E-state index contributed by atoms with van der Waals surface area (Å²) in [6.45, 7) is 0.219. The Bertz CT molecular complexity index is 860. The number of hydrogen-bond acceptors (Lipinski definition) is 6. The molecule has 0 N–H and O–H groups in total. The molecule has 0 radical (unpaired) electrons. The Morgan fingerprint density at radius 1 is 1.15 bits per heavy atom. The van der Waals surface area contributed by atoms with Gasteiger partial charge in [0, 0.05) is 29.9 Å². The summed E-state index contributed by atoms with van der Waals surface area (Å²) < 4.78 is 5.10. The van der Waals surface area contributed by atoms with Crippen LogP contribution in [0.4, 0.5) is 0 Å². The summed E-state index contributed by atoms with van der Waals surface area (Å²) in [7, 11) is 1.69. The molecule has 2 aromatic heterocycles. The fourth-order valence-corrected chi connectivity index (χ4v) is 3.84. The maximum atomic E-state index is 12.1. The van der Waals surface area contributed by atoms with Gasteiger partial charge in [-0.15, -0.1) is 11.3 Å². The Morgan fingerprint density at radius 3 is 2.69 bits per heavy atom. The van der Waals surface area contributed by atoms with Gasteiger partial charge in [0.25, 0.3) is 5.91 Å². The van der Waals surface area contributed by atoms with Crippen molar-refractivity contribution >= 4 is 34.6 Å². The van der Waals surface area contributed by atoms with Crippen LogP contribution in [0.1, 0.15) is 11.3 Å². The van der Waals surface area contributed by atoms with E-state index in [9.17, 15) is 9.59 Å². The van der Waals surface area contributed by atoms with Crippen molar-refractivity contribution in [2.45, 2.75) is 13.0 Å².